The second kappa shape index (κ2) is 7.75. The van der Waals surface area contributed by atoms with Crippen LogP contribution in [0.15, 0.2) is 71.5 Å². The van der Waals surface area contributed by atoms with E-state index < -0.39 is 5.91 Å². The van der Waals surface area contributed by atoms with Gasteiger partial charge in [0.25, 0.3) is 5.91 Å². The Labute approximate surface area is 168 Å². The molecule has 0 aliphatic carbocycles. The Hall–Kier alpha value is -3.29. The van der Waals surface area contributed by atoms with Crippen LogP contribution in [0.3, 0.4) is 0 Å². The van der Waals surface area contributed by atoms with E-state index in [1.165, 1.54) is 18.5 Å². The predicted octanol–water partition coefficient (Wildman–Crippen LogP) is 4.93. The normalized spacial score (nSPS) is 10.6. The SMILES string of the molecule is O=C(Nc1nc(-c2ccco2)c(C(=O)c2ccccc2)s1)c1ccc(Cl)nc1. The smallest absolute Gasteiger partial charge is 0.259 e. The van der Waals surface area contributed by atoms with Crippen molar-refractivity contribution in [2.24, 2.45) is 0 Å². The largest absolute Gasteiger partial charge is 0.463 e. The molecule has 0 saturated heterocycles. The van der Waals surface area contributed by atoms with Gasteiger partial charge in [0.2, 0.25) is 5.78 Å². The molecule has 0 fully saturated rings. The van der Waals surface area contributed by atoms with Crippen molar-refractivity contribution in [2.45, 2.75) is 0 Å². The number of nitrogens with zero attached hydrogens (tertiary/aromatic N) is 2. The molecule has 4 aromatic rings. The molecule has 1 amide bonds. The van der Waals surface area contributed by atoms with Crippen LogP contribution < -0.4 is 5.32 Å². The summed E-state index contributed by atoms with van der Waals surface area (Å²) in [5.74, 6) is -0.148. The van der Waals surface area contributed by atoms with E-state index in [2.05, 4.69) is 15.3 Å². The number of aromatic nitrogens is 2. The van der Waals surface area contributed by atoms with Crippen LogP contribution in [-0.4, -0.2) is 21.7 Å². The summed E-state index contributed by atoms with van der Waals surface area (Å²) in [5.41, 5.74) is 1.24. The maximum atomic E-state index is 13.0. The monoisotopic (exact) mass is 409 g/mol. The number of hydrogen-bond acceptors (Lipinski definition) is 6. The molecule has 0 unspecified atom stereocenters. The standard InChI is InChI=1S/C20H12ClN3O3S/c21-15-9-8-13(11-22-15)19(26)24-20-23-16(14-7-4-10-27-14)18(28-20)17(25)12-5-2-1-3-6-12/h1-11H,(H,23,24,26). The number of hydrogen-bond donors (Lipinski definition) is 1. The third-order valence-electron chi connectivity index (χ3n) is 3.83. The van der Waals surface area contributed by atoms with Gasteiger partial charge in [-0.05, 0) is 24.3 Å². The van der Waals surface area contributed by atoms with Crippen LogP contribution in [0.2, 0.25) is 5.15 Å². The minimum absolute atomic E-state index is 0.196. The molecule has 0 aliphatic rings. The predicted molar refractivity (Wildman–Crippen MR) is 107 cm³/mol. The average molecular weight is 410 g/mol. The Kier molecular flexibility index (Phi) is 5.01. The summed E-state index contributed by atoms with van der Waals surface area (Å²) in [7, 11) is 0. The number of ketones is 1. The molecule has 1 aromatic carbocycles. The Morgan fingerprint density at radius 1 is 1.00 bits per heavy atom. The summed E-state index contributed by atoms with van der Waals surface area (Å²) in [4.78, 5) is 34.1. The number of rotatable bonds is 5. The molecule has 1 N–H and O–H groups in total. The van der Waals surface area contributed by atoms with Gasteiger partial charge in [0, 0.05) is 11.8 Å². The lowest BCUT2D eigenvalue weighted by atomic mass is 10.1. The number of amides is 1. The number of pyridine rings is 1. The molecule has 0 atom stereocenters. The molecule has 0 aliphatic heterocycles. The first kappa shape index (κ1) is 18.1. The Bertz CT molecular complexity index is 1120. The van der Waals surface area contributed by atoms with E-state index in [0.717, 1.165) is 11.3 Å². The first-order chi connectivity index (χ1) is 13.6. The summed E-state index contributed by atoms with van der Waals surface area (Å²) in [6.07, 6.45) is 2.87. The van der Waals surface area contributed by atoms with Gasteiger partial charge >= 0.3 is 0 Å². The fourth-order valence-corrected chi connectivity index (χ4v) is 3.55. The highest BCUT2D eigenvalue weighted by molar-refractivity contribution is 7.18. The van der Waals surface area contributed by atoms with Crippen molar-refractivity contribution < 1.29 is 14.0 Å². The molecule has 28 heavy (non-hydrogen) atoms. The van der Waals surface area contributed by atoms with Crippen LogP contribution >= 0.6 is 22.9 Å². The molecule has 4 rings (SSSR count). The van der Waals surface area contributed by atoms with E-state index in [4.69, 9.17) is 16.0 Å². The first-order valence-corrected chi connectivity index (χ1v) is 9.38. The van der Waals surface area contributed by atoms with Gasteiger partial charge in [-0.1, -0.05) is 53.3 Å². The highest BCUT2D eigenvalue weighted by Gasteiger charge is 2.23. The Balaban J connectivity index is 1.68. The van der Waals surface area contributed by atoms with Crippen molar-refractivity contribution in [1.29, 1.82) is 0 Å². The lowest BCUT2D eigenvalue weighted by Crippen LogP contribution is -2.11. The van der Waals surface area contributed by atoms with Crippen LogP contribution in [0.1, 0.15) is 25.6 Å². The van der Waals surface area contributed by atoms with Gasteiger partial charge < -0.3 is 4.42 Å². The fraction of sp³-hybridized carbons (Fsp3) is 0. The molecule has 6 nitrogen and oxygen atoms in total. The zero-order chi connectivity index (χ0) is 19.5. The number of carbonyl (C=O) groups excluding carboxylic acids is 2. The van der Waals surface area contributed by atoms with Crippen LogP contribution in [0.4, 0.5) is 5.13 Å². The second-order valence-corrected chi connectivity index (χ2v) is 7.08. The number of halogens is 1. The van der Waals surface area contributed by atoms with Crippen molar-refractivity contribution in [1.82, 2.24) is 9.97 Å². The number of thiazole rings is 1. The molecule has 0 spiro atoms. The van der Waals surface area contributed by atoms with Gasteiger partial charge in [0.1, 0.15) is 15.7 Å². The Morgan fingerprint density at radius 2 is 1.82 bits per heavy atom. The first-order valence-electron chi connectivity index (χ1n) is 8.19. The summed E-state index contributed by atoms with van der Waals surface area (Å²) < 4.78 is 5.42. The number of carbonyl (C=O) groups is 2. The van der Waals surface area contributed by atoms with Gasteiger partial charge in [0.15, 0.2) is 10.9 Å². The van der Waals surface area contributed by atoms with Crippen molar-refractivity contribution in [3.63, 3.8) is 0 Å². The number of nitrogens with one attached hydrogen (secondary N) is 1. The zero-order valence-electron chi connectivity index (χ0n) is 14.3. The number of anilines is 1. The molecule has 138 valence electrons. The van der Waals surface area contributed by atoms with E-state index in [0.29, 0.717) is 32.6 Å². The molecule has 3 heterocycles. The van der Waals surface area contributed by atoms with Crippen molar-refractivity contribution >= 4 is 39.8 Å². The van der Waals surface area contributed by atoms with Gasteiger partial charge in [-0.2, -0.15) is 0 Å². The lowest BCUT2D eigenvalue weighted by molar-refractivity contribution is 0.102. The van der Waals surface area contributed by atoms with Gasteiger partial charge in [0.05, 0.1) is 11.8 Å². The highest BCUT2D eigenvalue weighted by atomic mass is 35.5. The zero-order valence-corrected chi connectivity index (χ0v) is 15.8. The molecule has 0 radical (unpaired) electrons. The third kappa shape index (κ3) is 3.71. The molecule has 8 heteroatoms. The summed E-state index contributed by atoms with van der Waals surface area (Å²) in [6.45, 7) is 0. The summed E-state index contributed by atoms with van der Waals surface area (Å²) in [6, 6.07) is 15.4. The van der Waals surface area contributed by atoms with Gasteiger partial charge in [-0.15, -0.1) is 0 Å². The van der Waals surface area contributed by atoms with Crippen LogP contribution in [-0.2, 0) is 0 Å². The number of furan rings is 1. The Morgan fingerprint density at radius 3 is 2.50 bits per heavy atom. The minimum Gasteiger partial charge on any atom is -0.463 e. The van der Waals surface area contributed by atoms with E-state index in [1.807, 2.05) is 6.07 Å². The molecular formula is C20H12ClN3O3S. The topological polar surface area (TPSA) is 85.1 Å². The maximum absolute atomic E-state index is 13.0. The molecule has 0 saturated carbocycles. The lowest BCUT2D eigenvalue weighted by Gasteiger charge is -2.00. The third-order valence-corrected chi connectivity index (χ3v) is 5.03. The maximum Gasteiger partial charge on any atom is 0.259 e. The van der Waals surface area contributed by atoms with Crippen LogP contribution in [0, 0.1) is 0 Å². The quantitative estimate of drug-likeness (QED) is 0.373. The van der Waals surface area contributed by atoms with E-state index >= 15 is 0 Å². The minimum atomic E-state index is -0.400. The average Bonchev–Trinajstić information content (AvgIpc) is 3.38. The summed E-state index contributed by atoms with van der Waals surface area (Å²) in [5, 5.41) is 3.27. The fourth-order valence-electron chi connectivity index (χ4n) is 2.51. The van der Waals surface area contributed by atoms with Crippen LogP contribution in [0.5, 0.6) is 0 Å². The van der Waals surface area contributed by atoms with Crippen molar-refractivity contribution in [2.75, 3.05) is 5.32 Å². The van der Waals surface area contributed by atoms with Crippen molar-refractivity contribution in [3.05, 3.63) is 88.2 Å². The van der Waals surface area contributed by atoms with E-state index in [-0.39, 0.29) is 10.9 Å². The number of benzene rings is 1. The van der Waals surface area contributed by atoms with Gasteiger partial charge in [-0.25, -0.2) is 9.97 Å². The van der Waals surface area contributed by atoms with Gasteiger partial charge in [-0.3, -0.25) is 14.9 Å². The molecule has 3 aromatic heterocycles. The van der Waals surface area contributed by atoms with E-state index in [1.54, 1.807) is 42.5 Å². The second-order valence-electron chi connectivity index (χ2n) is 5.69. The molecule has 0 bridgehead atoms. The van der Waals surface area contributed by atoms with Crippen LogP contribution in [0.25, 0.3) is 11.5 Å². The summed E-state index contributed by atoms with van der Waals surface area (Å²) >= 11 is 6.84. The van der Waals surface area contributed by atoms with E-state index in [9.17, 15) is 9.59 Å². The molecular weight excluding hydrogens is 398 g/mol. The van der Waals surface area contributed by atoms with Crippen molar-refractivity contribution in [3.8, 4) is 11.5 Å². The highest BCUT2D eigenvalue weighted by Crippen LogP contribution is 2.33.